The van der Waals surface area contributed by atoms with Crippen LogP contribution in [0.15, 0.2) is 52.2 Å². The van der Waals surface area contributed by atoms with Crippen LogP contribution in [0, 0.1) is 0 Å². The number of benzene rings is 1. The molecule has 0 amide bonds. The van der Waals surface area contributed by atoms with E-state index >= 15 is 0 Å². The van der Waals surface area contributed by atoms with Crippen LogP contribution in [0.5, 0.6) is 0 Å². The van der Waals surface area contributed by atoms with Crippen molar-refractivity contribution in [2.75, 3.05) is 5.73 Å². The van der Waals surface area contributed by atoms with Crippen molar-refractivity contribution in [3.8, 4) is 0 Å². The molecule has 0 unspecified atom stereocenters. The average Bonchev–Trinajstić information content (AvgIpc) is 2.78. The number of nitrogens with two attached hydrogens (primary N) is 1. The molecule has 3 aromatic rings. The maximum absolute atomic E-state index is 5.83. The lowest BCUT2D eigenvalue weighted by Crippen LogP contribution is -1.90. The van der Waals surface area contributed by atoms with Gasteiger partial charge in [0.25, 0.3) is 0 Å². The van der Waals surface area contributed by atoms with Gasteiger partial charge in [-0.25, -0.2) is 0 Å². The van der Waals surface area contributed by atoms with Crippen LogP contribution in [0.2, 0.25) is 0 Å². The number of thioether (sulfide) groups is 1. The second-order valence-electron chi connectivity index (χ2n) is 4.09. The first-order valence-electron chi connectivity index (χ1n) is 5.70. The van der Waals surface area contributed by atoms with Crippen LogP contribution < -0.4 is 5.73 Å². The van der Waals surface area contributed by atoms with Crippen molar-refractivity contribution in [1.29, 1.82) is 0 Å². The largest absolute Gasteiger partial charge is 0.399 e. The molecule has 0 bridgehead atoms. The summed E-state index contributed by atoms with van der Waals surface area (Å²) in [4.78, 5) is 0. The molecule has 0 fully saturated rings. The van der Waals surface area contributed by atoms with Gasteiger partial charge < -0.3 is 5.73 Å². The standard InChI is InChI=1S/C13H11BrN4S/c14-10-5-9(6-11(15)7-10)8-19-13-17-16-12-3-1-2-4-18(12)13/h1-7H,8,15H2. The Balaban J connectivity index is 1.82. The van der Waals surface area contributed by atoms with Gasteiger partial charge in [0, 0.05) is 22.1 Å². The predicted octanol–water partition coefficient (Wildman–Crippen LogP) is 3.37. The van der Waals surface area contributed by atoms with Crippen molar-refractivity contribution in [2.24, 2.45) is 0 Å². The summed E-state index contributed by atoms with van der Waals surface area (Å²) >= 11 is 5.09. The van der Waals surface area contributed by atoms with E-state index in [-0.39, 0.29) is 0 Å². The highest BCUT2D eigenvalue weighted by Crippen LogP contribution is 2.25. The maximum Gasteiger partial charge on any atom is 0.195 e. The van der Waals surface area contributed by atoms with E-state index in [9.17, 15) is 0 Å². The van der Waals surface area contributed by atoms with Crippen LogP contribution in [0.3, 0.4) is 0 Å². The first kappa shape index (κ1) is 12.5. The molecule has 1 aromatic carbocycles. The number of rotatable bonds is 3. The quantitative estimate of drug-likeness (QED) is 0.589. The minimum absolute atomic E-state index is 0.760. The molecule has 0 aliphatic heterocycles. The summed E-state index contributed by atoms with van der Waals surface area (Å²) in [6.07, 6.45) is 1.97. The summed E-state index contributed by atoms with van der Waals surface area (Å²) < 4.78 is 2.97. The molecule has 0 aliphatic carbocycles. The number of anilines is 1. The maximum atomic E-state index is 5.83. The first-order valence-corrected chi connectivity index (χ1v) is 7.48. The molecule has 4 nitrogen and oxygen atoms in total. The minimum atomic E-state index is 0.760. The fourth-order valence-corrected chi connectivity index (χ4v) is 3.24. The van der Waals surface area contributed by atoms with E-state index in [1.54, 1.807) is 11.8 Å². The van der Waals surface area contributed by atoms with E-state index in [0.29, 0.717) is 0 Å². The number of nitrogen functional groups attached to an aromatic ring is 1. The van der Waals surface area contributed by atoms with Crippen molar-refractivity contribution in [3.05, 3.63) is 52.6 Å². The Kier molecular flexibility index (Phi) is 3.44. The van der Waals surface area contributed by atoms with Gasteiger partial charge in [-0.05, 0) is 35.9 Å². The van der Waals surface area contributed by atoms with Crippen molar-refractivity contribution < 1.29 is 0 Å². The zero-order chi connectivity index (χ0) is 13.2. The molecule has 0 spiro atoms. The molecule has 6 heteroatoms. The summed E-state index contributed by atoms with van der Waals surface area (Å²) in [7, 11) is 0. The van der Waals surface area contributed by atoms with Gasteiger partial charge >= 0.3 is 0 Å². The Morgan fingerprint density at radius 3 is 2.95 bits per heavy atom. The third-order valence-electron chi connectivity index (χ3n) is 2.63. The zero-order valence-corrected chi connectivity index (χ0v) is 12.4. The third-order valence-corrected chi connectivity index (χ3v) is 4.10. The molecular weight excluding hydrogens is 324 g/mol. The topological polar surface area (TPSA) is 56.2 Å². The van der Waals surface area contributed by atoms with Crippen molar-refractivity contribution in [1.82, 2.24) is 14.6 Å². The van der Waals surface area contributed by atoms with E-state index in [2.05, 4.69) is 32.2 Å². The Morgan fingerprint density at radius 2 is 2.11 bits per heavy atom. The lowest BCUT2D eigenvalue weighted by Gasteiger charge is -2.03. The summed E-state index contributed by atoms with van der Waals surface area (Å²) in [5.41, 5.74) is 8.60. The molecule has 3 rings (SSSR count). The molecular formula is C13H11BrN4S. The summed E-state index contributed by atoms with van der Waals surface area (Å²) in [5.74, 6) is 0.805. The molecule has 2 aromatic heterocycles. The summed E-state index contributed by atoms with van der Waals surface area (Å²) in [6, 6.07) is 11.8. The molecule has 19 heavy (non-hydrogen) atoms. The van der Waals surface area contributed by atoms with E-state index in [4.69, 9.17) is 5.73 Å². The summed E-state index contributed by atoms with van der Waals surface area (Å²) in [5, 5.41) is 9.20. The van der Waals surface area contributed by atoms with Gasteiger partial charge in [-0.15, -0.1) is 10.2 Å². The molecule has 0 radical (unpaired) electrons. The van der Waals surface area contributed by atoms with E-state index in [1.165, 1.54) is 0 Å². The van der Waals surface area contributed by atoms with Crippen LogP contribution in [-0.2, 0) is 5.75 Å². The second kappa shape index (κ2) is 5.22. The smallest absolute Gasteiger partial charge is 0.195 e. The Bertz CT molecular complexity index is 705. The number of pyridine rings is 1. The van der Waals surface area contributed by atoms with E-state index in [0.717, 1.165) is 32.3 Å². The molecule has 0 saturated heterocycles. The number of hydrogen-bond donors (Lipinski definition) is 1. The fourth-order valence-electron chi connectivity index (χ4n) is 1.82. The van der Waals surface area contributed by atoms with Gasteiger partial charge in [0.05, 0.1) is 0 Å². The highest BCUT2D eigenvalue weighted by atomic mass is 79.9. The van der Waals surface area contributed by atoms with Crippen LogP contribution in [0.4, 0.5) is 5.69 Å². The monoisotopic (exact) mass is 334 g/mol. The van der Waals surface area contributed by atoms with E-state index < -0.39 is 0 Å². The van der Waals surface area contributed by atoms with Crippen LogP contribution in [0.1, 0.15) is 5.56 Å². The van der Waals surface area contributed by atoms with Gasteiger partial charge in [0.15, 0.2) is 10.8 Å². The molecule has 0 atom stereocenters. The van der Waals surface area contributed by atoms with Crippen molar-refractivity contribution in [3.63, 3.8) is 0 Å². The zero-order valence-electron chi connectivity index (χ0n) is 9.95. The Hall–Kier alpha value is -1.53. The molecule has 2 N–H and O–H groups in total. The first-order chi connectivity index (χ1) is 9.22. The number of halogens is 1. The van der Waals surface area contributed by atoms with Gasteiger partial charge in [0.2, 0.25) is 0 Å². The normalized spacial score (nSPS) is 11.0. The molecule has 0 aliphatic rings. The summed E-state index contributed by atoms with van der Waals surface area (Å²) in [6.45, 7) is 0. The van der Waals surface area contributed by atoms with E-state index in [1.807, 2.05) is 40.9 Å². The van der Waals surface area contributed by atoms with Gasteiger partial charge in [-0.2, -0.15) is 0 Å². The van der Waals surface area contributed by atoms with Gasteiger partial charge in [-0.1, -0.05) is 33.8 Å². The number of hydrogen-bond acceptors (Lipinski definition) is 4. The average molecular weight is 335 g/mol. The highest BCUT2D eigenvalue weighted by Gasteiger charge is 2.06. The minimum Gasteiger partial charge on any atom is -0.399 e. The van der Waals surface area contributed by atoms with Gasteiger partial charge in [-0.3, -0.25) is 4.40 Å². The fraction of sp³-hybridized carbons (Fsp3) is 0.0769. The second-order valence-corrected chi connectivity index (χ2v) is 5.95. The Labute approximate surface area is 123 Å². The van der Waals surface area contributed by atoms with Crippen molar-refractivity contribution >= 4 is 39.0 Å². The lowest BCUT2D eigenvalue weighted by molar-refractivity contribution is 0.921. The molecule has 2 heterocycles. The number of nitrogens with zero attached hydrogens (tertiary/aromatic N) is 3. The molecule has 96 valence electrons. The van der Waals surface area contributed by atoms with Crippen LogP contribution in [-0.4, -0.2) is 14.6 Å². The van der Waals surface area contributed by atoms with Gasteiger partial charge in [0.1, 0.15) is 0 Å². The predicted molar refractivity (Wildman–Crippen MR) is 81.1 cm³/mol. The third kappa shape index (κ3) is 2.74. The SMILES string of the molecule is Nc1cc(Br)cc(CSc2nnc3ccccn23)c1. The highest BCUT2D eigenvalue weighted by molar-refractivity contribution is 9.10. The Morgan fingerprint density at radius 1 is 1.21 bits per heavy atom. The van der Waals surface area contributed by atoms with Crippen LogP contribution in [0.25, 0.3) is 5.65 Å². The number of fused-ring (bicyclic) bond motifs is 1. The van der Waals surface area contributed by atoms with Crippen LogP contribution >= 0.6 is 27.7 Å². The molecule has 0 saturated carbocycles. The number of aromatic nitrogens is 3. The van der Waals surface area contributed by atoms with Crippen molar-refractivity contribution in [2.45, 2.75) is 10.9 Å². The lowest BCUT2D eigenvalue weighted by atomic mass is 10.2.